The SMILES string of the molecule is CCCCCCCCCCCc1n(C(C)O)cc[n+]1Cc1ccccc1.[Br-]. The van der Waals surface area contributed by atoms with E-state index >= 15 is 0 Å². The highest BCUT2D eigenvalue weighted by atomic mass is 79.9. The molecule has 1 unspecified atom stereocenters. The fourth-order valence-corrected chi connectivity index (χ4v) is 3.60. The second kappa shape index (κ2) is 14.0. The van der Waals surface area contributed by atoms with Crippen LogP contribution in [-0.4, -0.2) is 9.67 Å². The molecule has 0 radical (unpaired) electrons. The van der Waals surface area contributed by atoms with Gasteiger partial charge in [0.15, 0.2) is 6.23 Å². The first kappa shape index (κ1) is 23.9. The monoisotopic (exact) mass is 436 g/mol. The molecular weight excluding hydrogens is 400 g/mol. The molecule has 1 N–H and O–H groups in total. The van der Waals surface area contributed by atoms with E-state index in [1.165, 1.54) is 69.2 Å². The number of halogens is 1. The average molecular weight is 437 g/mol. The van der Waals surface area contributed by atoms with E-state index in [1.807, 2.05) is 17.7 Å². The number of unbranched alkanes of at least 4 members (excludes halogenated alkanes) is 8. The Bertz CT molecular complexity index is 610. The highest BCUT2D eigenvalue weighted by Crippen LogP contribution is 2.13. The molecule has 0 aliphatic rings. The van der Waals surface area contributed by atoms with Crippen molar-refractivity contribution in [3.8, 4) is 0 Å². The van der Waals surface area contributed by atoms with Crippen LogP contribution in [0.2, 0.25) is 0 Å². The molecular formula is C23H37BrN2O. The van der Waals surface area contributed by atoms with Crippen LogP contribution < -0.4 is 21.5 Å². The van der Waals surface area contributed by atoms with Crippen LogP contribution in [0.3, 0.4) is 0 Å². The predicted octanol–water partition coefficient (Wildman–Crippen LogP) is 2.41. The summed E-state index contributed by atoms with van der Waals surface area (Å²) in [7, 11) is 0. The highest BCUT2D eigenvalue weighted by molar-refractivity contribution is 5.13. The average Bonchev–Trinajstić information content (AvgIpc) is 3.04. The van der Waals surface area contributed by atoms with Crippen LogP contribution in [0.5, 0.6) is 0 Å². The molecule has 27 heavy (non-hydrogen) atoms. The number of hydrogen-bond acceptors (Lipinski definition) is 1. The smallest absolute Gasteiger partial charge is 0.258 e. The maximum absolute atomic E-state index is 10.1. The summed E-state index contributed by atoms with van der Waals surface area (Å²) in [6.45, 7) is 4.98. The minimum absolute atomic E-state index is 0. The number of aromatic nitrogens is 2. The summed E-state index contributed by atoms with van der Waals surface area (Å²) in [5, 5.41) is 10.1. The van der Waals surface area contributed by atoms with Gasteiger partial charge in [0.1, 0.15) is 18.9 Å². The lowest BCUT2D eigenvalue weighted by Crippen LogP contribution is -3.00. The summed E-state index contributed by atoms with van der Waals surface area (Å²) in [6, 6.07) is 10.5. The normalized spacial score (nSPS) is 12.0. The molecule has 1 aromatic heterocycles. The van der Waals surface area contributed by atoms with Gasteiger partial charge in [0.2, 0.25) is 0 Å². The van der Waals surface area contributed by atoms with Crippen molar-refractivity contribution in [2.75, 3.05) is 0 Å². The van der Waals surface area contributed by atoms with E-state index in [4.69, 9.17) is 0 Å². The van der Waals surface area contributed by atoms with Gasteiger partial charge >= 0.3 is 0 Å². The number of benzene rings is 1. The first-order valence-corrected chi connectivity index (χ1v) is 10.5. The van der Waals surface area contributed by atoms with Gasteiger partial charge in [-0.05, 0) is 12.0 Å². The van der Waals surface area contributed by atoms with Crippen LogP contribution in [0.25, 0.3) is 0 Å². The Balaban J connectivity index is 0.00000364. The van der Waals surface area contributed by atoms with Crippen LogP contribution in [0.15, 0.2) is 42.7 Å². The summed E-state index contributed by atoms with van der Waals surface area (Å²) in [5.74, 6) is 1.23. The highest BCUT2D eigenvalue weighted by Gasteiger charge is 2.19. The quantitative estimate of drug-likeness (QED) is 0.379. The zero-order valence-corrected chi connectivity index (χ0v) is 18.7. The first-order chi connectivity index (χ1) is 12.7. The van der Waals surface area contributed by atoms with Gasteiger partial charge in [0, 0.05) is 13.3 Å². The molecule has 1 heterocycles. The number of rotatable bonds is 13. The van der Waals surface area contributed by atoms with Gasteiger partial charge in [-0.1, -0.05) is 88.6 Å². The first-order valence-electron chi connectivity index (χ1n) is 10.5. The van der Waals surface area contributed by atoms with Crippen molar-refractivity contribution in [2.45, 2.75) is 90.8 Å². The molecule has 3 nitrogen and oxygen atoms in total. The van der Waals surface area contributed by atoms with Crippen molar-refractivity contribution >= 4 is 0 Å². The summed E-state index contributed by atoms with van der Waals surface area (Å²) in [6.07, 6.45) is 16.7. The number of imidazole rings is 1. The predicted molar refractivity (Wildman–Crippen MR) is 108 cm³/mol. The molecule has 0 saturated heterocycles. The Kier molecular flexibility index (Phi) is 12.4. The van der Waals surface area contributed by atoms with Crippen molar-refractivity contribution in [3.05, 3.63) is 54.1 Å². The molecule has 1 aromatic carbocycles. The topological polar surface area (TPSA) is 29.0 Å². The molecule has 0 spiro atoms. The van der Waals surface area contributed by atoms with Crippen molar-refractivity contribution < 1.29 is 26.7 Å². The molecule has 0 saturated carbocycles. The number of aliphatic hydroxyl groups is 1. The standard InChI is InChI=1S/C23H37N2O.BrH/c1-3-4-5-6-7-8-9-10-14-17-23-24(18-19-25(23)21(2)26)20-22-15-12-11-13-16-22;/h11-13,15-16,18-19,21,26H,3-10,14,17,20H2,1-2H3;1H/q+1;/p-1. The zero-order valence-electron chi connectivity index (χ0n) is 17.1. The van der Waals surface area contributed by atoms with Crippen LogP contribution in [-0.2, 0) is 13.0 Å². The number of nitrogens with zero attached hydrogens (tertiary/aromatic N) is 2. The van der Waals surface area contributed by atoms with Crippen LogP contribution in [0, 0.1) is 0 Å². The summed E-state index contributed by atoms with van der Waals surface area (Å²) in [4.78, 5) is 0. The second-order valence-electron chi connectivity index (χ2n) is 7.45. The van der Waals surface area contributed by atoms with Crippen molar-refractivity contribution in [1.29, 1.82) is 0 Å². The molecule has 0 fully saturated rings. The third-order valence-corrected chi connectivity index (χ3v) is 5.14. The van der Waals surface area contributed by atoms with Gasteiger partial charge in [0.25, 0.3) is 5.82 Å². The van der Waals surface area contributed by atoms with Gasteiger partial charge in [-0.25, -0.2) is 9.13 Å². The van der Waals surface area contributed by atoms with Gasteiger partial charge < -0.3 is 22.1 Å². The molecule has 1 atom stereocenters. The molecule has 0 aliphatic heterocycles. The van der Waals surface area contributed by atoms with Crippen molar-refractivity contribution in [2.24, 2.45) is 0 Å². The van der Waals surface area contributed by atoms with Gasteiger partial charge in [-0.15, -0.1) is 0 Å². The van der Waals surface area contributed by atoms with Gasteiger partial charge in [0.05, 0.1) is 0 Å². The van der Waals surface area contributed by atoms with Crippen LogP contribution in [0.1, 0.15) is 89.3 Å². The Morgan fingerprint density at radius 1 is 0.926 bits per heavy atom. The Morgan fingerprint density at radius 2 is 1.52 bits per heavy atom. The van der Waals surface area contributed by atoms with E-state index in [1.54, 1.807) is 0 Å². The third kappa shape index (κ3) is 8.61. The number of aliphatic hydroxyl groups excluding tert-OH is 1. The Labute approximate surface area is 176 Å². The zero-order chi connectivity index (χ0) is 18.6. The van der Waals surface area contributed by atoms with Crippen LogP contribution in [0.4, 0.5) is 0 Å². The van der Waals surface area contributed by atoms with E-state index in [2.05, 4.69) is 48.0 Å². The Hall–Kier alpha value is -1.13. The van der Waals surface area contributed by atoms with Gasteiger partial charge in [-0.3, -0.25) is 0 Å². The summed E-state index contributed by atoms with van der Waals surface area (Å²) < 4.78 is 4.29. The molecule has 0 aliphatic carbocycles. The lowest BCUT2D eigenvalue weighted by molar-refractivity contribution is -0.695. The lowest BCUT2D eigenvalue weighted by Gasteiger charge is -2.08. The molecule has 0 bridgehead atoms. The number of hydrogen-bond donors (Lipinski definition) is 1. The van der Waals surface area contributed by atoms with Gasteiger partial charge in [-0.2, -0.15) is 0 Å². The fourth-order valence-electron chi connectivity index (χ4n) is 3.60. The van der Waals surface area contributed by atoms with E-state index < -0.39 is 6.23 Å². The third-order valence-electron chi connectivity index (χ3n) is 5.14. The van der Waals surface area contributed by atoms with E-state index in [9.17, 15) is 5.11 Å². The van der Waals surface area contributed by atoms with E-state index in [0.717, 1.165) is 13.0 Å². The minimum atomic E-state index is -0.472. The largest absolute Gasteiger partial charge is 1.00 e. The molecule has 0 amide bonds. The van der Waals surface area contributed by atoms with Crippen molar-refractivity contribution in [1.82, 2.24) is 4.57 Å². The summed E-state index contributed by atoms with van der Waals surface area (Å²) in [5.41, 5.74) is 1.30. The lowest BCUT2D eigenvalue weighted by atomic mass is 10.1. The molecule has 4 heteroatoms. The van der Waals surface area contributed by atoms with Crippen molar-refractivity contribution in [3.63, 3.8) is 0 Å². The molecule has 2 rings (SSSR count). The maximum Gasteiger partial charge on any atom is 0.258 e. The second-order valence-corrected chi connectivity index (χ2v) is 7.45. The van der Waals surface area contributed by atoms with E-state index in [0.29, 0.717) is 0 Å². The van der Waals surface area contributed by atoms with Crippen LogP contribution >= 0.6 is 0 Å². The van der Waals surface area contributed by atoms with E-state index in [-0.39, 0.29) is 17.0 Å². The maximum atomic E-state index is 10.1. The molecule has 152 valence electrons. The summed E-state index contributed by atoms with van der Waals surface area (Å²) >= 11 is 0. The Morgan fingerprint density at radius 3 is 2.11 bits per heavy atom. The fraction of sp³-hybridized carbons (Fsp3) is 0.609. The molecule has 2 aromatic rings. The minimum Gasteiger partial charge on any atom is -1.00 e.